The van der Waals surface area contributed by atoms with Crippen LogP contribution in [0.5, 0.6) is 0 Å². The highest BCUT2D eigenvalue weighted by Gasteiger charge is 2.19. The SMILES string of the molecule is NC(=O)c1nn(-c2ccccc2)c2nc3ccccc3nc12. The van der Waals surface area contributed by atoms with Crippen LogP contribution in [0.15, 0.2) is 54.6 Å². The van der Waals surface area contributed by atoms with E-state index in [2.05, 4.69) is 15.1 Å². The van der Waals surface area contributed by atoms with Gasteiger partial charge in [0.2, 0.25) is 0 Å². The Morgan fingerprint density at radius 1 is 0.909 bits per heavy atom. The van der Waals surface area contributed by atoms with Gasteiger partial charge in [0.25, 0.3) is 5.91 Å². The predicted molar refractivity (Wildman–Crippen MR) is 82.7 cm³/mol. The molecular formula is C16H11N5O. The molecule has 4 aromatic rings. The third-order valence-corrected chi connectivity index (χ3v) is 3.41. The number of para-hydroxylation sites is 3. The van der Waals surface area contributed by atoms with Crippen LogP contribution < -0.4 is 5.73 Å². The number of benzene rings is 2. The molecule has 22 heavy (non-hydrogen) atoms. The van der Waals surface area contributed by atoms with Gasteiger partial charge in [-0.05, 0) is 24.3 Å². The molecule has 0 spiro atoms. The van der Waals surface area contributed by atoms with Gasteiger partial charge in [-0.2, -0.15) is 5.10 Å². The zero-order chi connectivity index (χ0) is 15.1. The Bertz CT molecular complexity index is 1010. The number of primary amides is 1. The van der Waals surface area contributed by atoms with Gasteiger partial charge < -0.3 is 5.73 Å². The van der Waals surface area contributed by atoms with E-state index in [1.165, 1.54) is 0 Å². The minimum atomic E-state index is -0.621. The van der Waals surface area contributed by atoms with Crippen LogP contribution in [-0.2, 0) is 0 Å². The number of fused-ring (bicyclic) bond motifs is 2. The van der Waals surface area contributed by atoms with E-state index in [0.717, 1.165) is 11.2 Å². The molecule has 0 unspecified atom stereocenters. The van der Waals surface area contributed by atoms with Gasteiger partial charge in [-0.15, -0.1) is 0 Å². The van der Waals surface area contributed by atoms with E-state index in [4.69, 9.17) is 5.73 Å². The molecule has 0 saturated heterocycles. The van der Waals surface area contributed by atoms with Gasteiger partial charge in [-0.25, -0.2) is 14.6 Å². The minimum Gasteiger partial charge on any atom is -0.364 e. The fourth-order valence-electron chi connectivity index (χ4n) is 2.41. The van der Waals surface area contributed by atoms with Crippen LogP contribution in [0.25, 0.3) is 27.9 Å². The van der Waals surface area contributed by atoms with E-state index >= 15 is 0 Å². The number of amides is 1. The smallest absolute Gasteiger partial charge is 0.271 e. The highest BCUT2D eigenvalue weighted by molar-refractivity contribution is 6.03. The standard InChI is InChI=1S/C16H11N5O/c17-15(22)13-14-16(19-12-9-5-4-8-11(12)18-14)21(20-13)10-6-2-1-3-7-10/h1-9H,(H2,17,22). The van der Waals surface area contributed by atoms with Crippen molar-refractivity contribution < 1.29 is 4.79 Å². The second-order valence-electron chi connectivity index (χ2n) is 4.84. The summed E-state index contributed by atoms with van der Waals surface area (Å²) in [5.41, 5.74) is 8.71. The second kappa shape index (κ2) is 4.63. The molecule has 0 fully saturated rings. The van der Waals surface area contributed by atoms with Crippen LogP contribution in [0.1, 0.15) is 10.5 Å². The molecule has 0 aliphatic rings. The van der Waals surface area contributed by atoms with Gasteiger partial charge in [0.05, 0.1) is 16.7 Å². The number of hydrogen-bond donors (Lipinski definition) is 1. The maximum atomic E-state index is 11.7. The van der Waals surface area contributed by atoms with Crippen LogP contribution in [0.4, 0.5) is 0 Å². The third kappa shape index (κ3) is 1.81. The first-order chi connectivity index (χ1) is 10.7. The van der Waals surface area contributed by atoms with Crippen molar-refractivity contribution in [2.24, 2.45) is 5.73 Å². The highest BCUT2D eigenvalue weighted by Crippen LogP contribution is 2.21. The van der Waals surface area contributed by atoms with Crippen molar-refractivity contribution >= 4 is 28.1 Å². The molecule has 0 atom stereocenters. The molecule has 106 valence electrons. The van der Waals surface area contributed by atoms with E-state index in [0.29, 0.717) is 16.7 Å². The van der Waals surface area contributed by atoms with Crippen molar-refractivity contribution in [1.82, 2.24) is 19.7 Å². The Kier molecular flexibility index (Phi) is 2.62. The number of rotatable bonds is 2. The molecule has 2 aromatic carbocycles. The lowest BCUT2D eigenvalue weighted by atomic mass is 10.3. The summed E-state index contributed by atoms with van der Waals surface area (Å²) in [6, 6.07) is 16.9. The van der Waals surface area contributed by atoms with E-state index in [1.54, 1.807) is 4.68 Å². The molecule has 2 aromatic heterocycles. The lowest BCUT2D eigenvalue weighted by Crippen LogP contribution is -2.13. The number of nitrogens with two attached hydrogens (primary N) is 1. The summed E-state index contributed by atoms with van der Waals surface area (Å²) in [7, 11) is 0. The summed E-state index contributed by atoms with van der Waals surface area (Å²) >= 11 is 0. The van der Waals surface area contributed by atoms with Crippen LogP contribution in [0, 0.1) is 0 Å². The largest absolute Gasteiger partial charge is 0.364 e. The molecule has 0 radical (unpaired) electrons. The first kappa shape index (κ1) is 12.5. The van der Waals surface area contributed by atoms with Crippen molar-refractivity contribution in [2.45, 2.75) is 0 Å². The summed E-state index contributed by atoms with van der Waals surface area (Å²) in [6.45, 7) is 0. The van der Waals surface area contributed by atoms with E-state index in [-0.39, 0.29) is 5.69 Å². The zero-order valence-corrected chi connectivity index (χ0v) is 11.5. The quantitative estimate of drug-likeness (QED) is 0.612. The molecule has 4 rings (SSSR count). The summed E-state index contributed by atoms with van der Waals surface area (Å²) < 4.78 is 1.59. The fourth-order valence-corrected chi connectivity index (χ4v) is 2.41. The number of nitrogens with zero attached hydrogens (tertiary/aromatic N) is 4. The summed E-state index contributed by atoms with van der Waals surface area (Å²) in [6.07, 6.45) is 0. The maximum Gasteiger partial charge on any atom is 0.271 e. The monoisotopic (exact) mass is 289 g/mol. The second-order valence-corrected chi connectivity index (χ2v) is 4.84. The molecular weight excluding hydrogens is 278 g/mol. The molecule has 1 amide bonds. The lowest BCUT2D eigenvalue weighted by molar-refractivity contribution is 0.0996. The lowest BCUT2D eigenvalue weighted by Gasteiger charge is -2.02. The Morgan fingerprint density at radius 2 is 1.55 bits per heavy atom. The highest BCUT2D eigenvalue weighted by atomic mass is 16.1. The third-order valence-electron chi connectivity index (χ3n) is 3.41. The number of hydrogen-bond acceptors (Lipinski definition) is 4. The van der Waals surface area contributed by atoms with E-state index < -0.39 is 5.91 Å². The van der Waals surface area contributed by atoms with E-state index in [9.17, 15) is 4.79 Å². The predicted octanol–water partition coefficient (Wildman–Crippen LogP) is 2.07. The number of carbonyl (C=O) groups excluding carboxylic acids is 1. The minimum absolute atomic E-state index is 0.122. The number of carbonyl (C=O) groups is 1. The van der Waals surface area contributed by atoms with Gasteiger partial charge in [-0.3, -0.25) is 4.79 Å². The molecule has 0 bridgehead atoms. The average Bonchev–Trinajstić information content (AvgIpc) is 2.92. The van der Waals surface area contributed by atoms with E-state index in [1.807, 2.05) is 54.6 Å². The van der Waals surface area contributed by atoms with Crippen molar-refractivity contribution in [3.63, 3.8) is 0 Å². The van der Waals surface area contributed by atoms with Crippen molar-refractivity contribution in [2.75, 3.05) is 0 Å². The van der Waals surface area contributed by atoms with Gasteiger partial charge in [0.1, 0.15) is 5.52 Å². The topological polar surface area (TPSA) is 86.7 Å². The van der Waals surface area contributed by atoms with Crippen molar-refractivity contribution in [3.8, 4) is 5.69 Å². The normalized spacial score (nSPS) is 11.1. The molecule has 0 saturated carbocycles. The number of aromatic nitrogens is 4. The Hall–Kier alpha value is -3.28. The Balaban J connectivity index is 2.13. The van der Waals surface area contributed by atoms with Crippen molar-refractivity contribution in [1.29, 1.82) is 0 Å². The van der Waals surface area contributed by atoms with Gasteiger partial charge in [0, 0.05) is 0 Å². The molecule has 6 nitrogen and oxygen atoms in total. The van der Waals surface area contributed by atoms with Crippen LogP contribution in [-0.4, -0.2) is 25.7 Å². The van der Waals surface area contributed by atoms with Gasteiger partial charge in [0.15, 0.2) is 11.3 Å². The summed E-state index contributed by atoms with van der Waals surface area (Å²) in [4.78, 5) is 20.8. The van der Waals surface area contributed by atoms with Gasteiger partial charge in [-0.1, -0.05) is 30.3 Å². The zero-order valence-electron chi connectivity index (χ0n) is 11.5. The fraction of sp³-hybridized carbons (Fsp3) is 0. The van der Waals surface area contributed by atoms with Crippen LogP contribution >= 0.6 is 0 Å². The summed E-state index contributed by atoms with van der Waals surface area (Å²) in [5.74, 6) is -0.621. The Labute approximate surface area is 125 Å². The molecule has 2 N–H and O–H groups in total. The van der Waals surface area contributed by atoms with Crippen LogP contribution in [0.3, 0.4) is 0 Å². The first-order valence-electron chi connectivity index (χ1n) is 6.75. The Morgan fingerprint density at radius 3 is 2.23 bits per heavy atom. The summed E-state index contributed by atoms with van der Waals surface area (Å²) in [5, 5.41) is 4.30. The maximum absolute atomic E-state index is 11.7. The molecule has 0 aliphatic heterocycles. The molecule has 0 aliphatic carbocycles. The van der Waals surface area contributed by atoms with Crippen molar-refractivity contribution in [3.05, 3.63) is 60.3 Å². The first-order valence-corrected chi connectivity index (χ1v) is 6.75. The van der Waals surface area contributed by atoms with Crippen LogP contribution in [0.2, 0.25) is 0 Å². The molecule has 6 heteroatoms. The molecule has 2 heterocycles. The average molecular weight is 289 g/mol. The van der Waals surface area contributed by atoms with Gasteiger partial charge >= 0.3 is 0 Å².